The maximum Gasteiger partial charge on any atom is 0.223 e. The predicted molar refractivity (Wildman–Crippen MR) is 75.6 cm³/mol. The second kappa shape index (κ2) is 4.53. The predicted octanol–water partition coefficient (Wildman–Crippen LogP) is 3.53. The van der Waals surface area contributed by atoms with Crippen LogP contribution < -0.4 is 0 Å². The lowest BCUT2D eigenvalue weighted by atomic mass is 10.0. The number of carbonyl (C=O) groups is 1. The molecule has 1 heterocycles. The topological polar surface area (TPSA) is 20.3 Å². The van der Waals surface area contributed by atoms with Crippen LogP contribution in [0, 0.1) is 5.92 Å². The summed E-state index contributed by atoms with van der Waals surface area (Å²) in [5.41, 5.74) is 1.23. The molecule has 1 aliphatic carbocycles. The molecule has 96 valence electrons. The van der Waals surface area contributed by atoms with Gasteiger partial charge in [0.25, 0.3) is 0 Å². The first-order chi connectivity index (χ1) is 8.65. The molecule has 1 aliphatic heterocycles. The number of likely N-dealkylation sites (tertiary alicyclic amines) is 1. The fraction of sp³-hybridized carbons (Fsp3) is 0.500. The van der Waals surface area contributed by atoms with Gasteiger partial charge in [0.15, 0.2) is 0 Å². The summed E-state index contributed by atoms with van der Waals surface area (Å²) in [6.07, 6.45) is 2.77. The maximum absolute atomic E-state index is 12.1. The molecule has 1 saturated heterocycles. The van der Waals surface area contributed by atoms with E-state index in [4.69, 9.17) is 11.6 Å². The molecule has 2 nitrogen and oxygen atoms in total. The van der Waals surface area contributed by atoms with Crippen LogP contribution in [0.3, 0.4) is 0 Å². The Kier molecular flexibility index (Phi) is 3.15. The molecular weight excluding hydrogens is 314 g/mol. The van der Waals surface area contributed by atoms with Crippen LogP contribution in [0.25, 0.3) is 0 Å². The lowest BCUT2D eigenvalue weighted by Crippen LogP contribution is -2.36. The Bertz CT molecular complexity index is 469. The fourth-order valence-electron chi connectivity index (χ4n) is 2.89. The van der Waals surface area contributed by atoms with Crippen LogP contribution in [0.2, 0.25) is 0 Å². The molecule has 0 aromatic heterocycles. The smallest absolute Gasteiger partial charge is 0.223 e. The Morgan fingerprint density at radius 2 is 2.00 bits per heavy atom. The van der Waals surface area contributed by atoms with Crippen molar-refractivity contribution in [2.75, 3.05) is 12.4 Å². The number of carbonyl (C=O) groups excluding carboxylic acids is 1. The van der Waals surface area contributed by atoms with E-state index in [1.165, 1.54) is 5.56 Å². The van der Waals surface area contributed by atoms with Crippen molar-refractivity contribution in [2.45, 2.75) is 24.8 Å². The number of amides is 1. The Hall–Kier alpha value is -0.540. The van der Waals surface area contributed by atoms with Gasteiger partial charge in [-0.15, -0.1) is 11.6 Å². The molecule has 3 rings (SSSR count). The molecule has 0 bridgehead atoms. The monoisotopic (exact) mass is 327 g/mol. The first-order valence-electron chi connectivity index (χ1n) is 6.28. The summed E-state index contributed by atoms with van der Waals surface area (Å²) in [6.45, 7) is 0.818. The lowest BCUT2D eigenvalue weighted by Gasteiger charge is -2.28. The second-order valence-electron chi connectivity index (χ2n) is 5.27. The quantitative estimate of drug-likeness (QED) is 0.777. The van der Waals surface area contributed by atoms with Crippen molar-refractivity contribution in [3.63, 3.8) is 0 Å². The first-order valence-corrected chi connectivity index (χ1v) is 7.61. The van der Waals surface area contributed by atoms with Crippen LogP contribution in [0.1, 0.15) is 24.8 Å². The minimum absolute atomic E-state index is 0.0292. The van der Waals surface area contributed by atoms with E-state index in [1.807, 2.05) is 0 Å². The van der Waals surface area contributed by atoms with Gasteiger partial charge in [-0.1, -0.05) is 28.1 Å². The molecule has 1 aromatic rings. The summed E-state index contributed by atoms with van der Waals surface area (Å²) >= 11 is 9.34. The highest BCUT2D eigenvalue weighted by atomic mass is 79.9. The van der Waals surface area contributed by atoms with E-state index >= 15 is 0 Å². The molecule has 1 aromatic carbocycles. The van der Waals surface area contributed by atoms with Crippen molar-refractivity contribution < 1.29 is 4.79 Å². The minimum atomic E-state index is -0.0292. The highest BCUT2D eigenvalue weighted by Crippen LogP contribution is 2.53. The molecule has 4 heteroatoms. The van der Waals surface area contributed by atoms with Crippen LogP contribution in [-0.2, 0) is 10.3 Å². The van der Waals surface area contributed by atoms with Gasteiger partial charge in [0.1, 0.15) is 0 Å². The number of rotatable bonds is 3. The normalized spacial score (nSPS) is 25.6. The SMILES string of the molecule is O=C1CC(CCl)CN1C1(c2ccc(Br)cc2)CC1. The zero-order valence-electron chi connectivity index (χ0n) is 10.0. The lowest BCUT2D eigenvalue weighted by molar-refractivity contribution is -0.130. The largest absolute Gasteiger partial charge is 0.333 e. The second-order valence-corrected chi connectivity index (χ2v) is 6.49. The number of alkyl halides is 1. The van der Waals surface area contributed by atoms with E-state index in [0.717, 1.165) is 23.9 Å². The average molecular weight is 329 g/mol. The maximum atomic E-state index is 12.1. The van der Waals surface area contributed by atoms with E-state index in [-0.39, 0.29) is 11.4 Å². The van der Waals surface area contributed by atoms with Gasteiger partial charge in [-0.25, -0.2) is 0 Å². The third-order valence-corrected chi connectivity index (χ3v) is 5.01. The standard InChI is InChI=1S/C14H15BrClNO/c15-12-3-1-11(2-4-12)14(5-6-14)17-9-10(8-16)7-13(17)18/h1-4,10H,5-9H2. The Labute approximate surface area is 120 Å². The first kappa shape index (κ1) is 12.5. The fourth-order valence-corrected chi connectivity index (χ4v) is 3.36. The van der Waals surface area contributed by atoms with Crippen molar-refractivity contribution in [1.29, 1.82) is 0 Å². The summed E-state index contributed by atoms with van der Waals surface area (Å²) in [6, 6.07) is 8.35. The van der Waals surface area contributed by atoms with Crippen molar-refractivity contribution in [3.8, 4) is 0 Å². The van der Waals surface area contributed by atoms with Gasteiger partial charge >= 0.3 is 0 Å². The van der Waals surface area contributed by atoms with Crippen LogP contribution in [-0.4, -0.2) is 23.2 Å². The number of hydrogen-bond donors (Lipinski definition) is 0. The van der Waals surface area contributed by atoms with E-state index in [9.17, 15) is 4.79 Å². The number of halogens is 2. The summed E-state index contributed by atoms with van der Waals surface area (Å²) in [4.78, 5) is 14.2. The molecule has 1 unspecified atom stereocenters. The minimum Gasteiger partial charge on any atom is -0.333 e. The Morgan fingerprint density at radius 3 is 2.50 bits per heavy atom. The summed E-state index contributed by atoms with van der Waals surface area (Å²) in [5, 5.41) is 0. The van der Waals surface area contributed by atoms with Gasteiger partial charge in [-0.3, -0.25) is 4.79 Å². The van der Waals surface area contributed by atoms with E-state index in [2.05, 4.69) is 45.1 Å². The average Bonchev–Trinajstić information content (AvgIpc) is 3.08. The summed E-state index contributed by atoms with van der Waals surface area (Å²) in [7, 11) is 0. The van der Waals surface area contributed by atoms with Crippen LogP contribution in [0.5, 0.6) is 0 Å². The molecule has 1 saturated carbocycles. The van der Waals surface area contributed by atoms with E-state index in [0.29, 0.717) is 18.2 Å². The summed E-state index contributed by atoms with van der Waals surface area (Å²) < 4.78 is 1.08. The molecule has 18 heavy (non-hydrogen) atoms. The van der Waals surface area contributed by atoms with E-state index in [1.54, 1.807) is 0 Å². The van der Waals surface area contributed by atoms with Gasteiger partial charge in [-0.2, -0.15) is 0 Å². The molecule has 1 amide bonds. The molecule has 2 fully saturated rings. The van der Waals surface area contributed by atoms with Crippen molar-refractivity contribution in [3.05, 3.63) is 34.3 Å². The highest BCUT2D eigenvalue weighted by molar-refractivity contribution is 9.10. The Morgan fingerprint density at radius 1 is 1.33 bits per heavy atom. The highest BCUT2D eigenvalue weighted by Gasteiger charge is 2.53. The zero-order valence-corrected chi connectivity index (χ0v) is 12.4. The van der Waals surface area contributed by atoms with Gasteiger partial charge in [-0.05, 0) is 36.5 Å². The molecule has 1 atom stereocenters. The van der Waals surface area contributed by atoms with Crippen LogP contribution in [0.15, 0.2) is 28.7 Å². The number of hydrogen-bond acceptors (Lipinski definition) is 1. The molecular formula is C14H15BrClNO. The number of nitrogens with zero attached hydrogens (tertiary/aromatic N) is 1. The number of benzene rings is 1. The Balaban J connectivity index is 1.87. The van der Waals surface area contributed by atoms with E-state index < -0.39 is 0 Å². The van der Waals surface area contributed by atoms with Crippen molar-refractivity contribution in [2.24, 2.45) is 5.92 Å². The van der Waals surface area contributed by atoms with Crippen LogP contribution in [0.4, 0.5) is 0 Å². The van der Waals surface area contributed by atoms with Gasteiger partial charge in [0.05, 0.1) is 5.54 Å². The summed E-state index contributed by atoms with van der Waals surface area (Å²) in [5.74, 6) is 1.17. The van der Waals surface area contributed by atoms with Crippen LogP contribution >= 0.6 is 27.5 Å². The van der Waals surface area contributed by atoms with Crippen molar-refractivity contribution >= 4 is 33.4 Å². The zero-order chi connectivity index (χ0) is 12.8. The third kappa shape index (κ3) is 1.97. The molecule has 0 N–H and O–H groups in total. The molecule has 0 radical (unpaired) electrons. The molecule has 0 spiro atoms. The van der Waals surface area contributed by atoms with Gasteiger partial charge in [0, 0.05) is 23.3 Å². The van der Waals surface area contributed by atoms with Gasteiger partial charge in [0.2, 0.25) is 5.91 Å². The third-order valence-electron chi connectivity index (χ3n) is 4.05. The molecule has 2 aliphatic rings. The van der Waals surface area contributed by atoms with Crippen molar-refractivity contribution in [1.82, 2.24) is 4.90 Å². The van der Waals surface area contributed by atoms with Gasteiger partial charge < -0.3 is 4.90 Å².